The Balaban J connectivity index is 1.33. The number of benzene rings is 1. The second-order valence-electron chi connectivity index (χ2n) is 8.47. The predicted molar refractivity (Wildman–Crippen MR) is 118 cm³/mol. The van der Waals surface area contributed by atoms with Gasteiger partial charge in [-0.2, -0.15) is 0 Å². The minimum absolute atomic E-state index is 0.179. The molecule has 0 saturated carbocycles. The van der Waals surface area contributed by atoms with Crippen LogP contribution in [0.25, 0.3) is 0 Å². The van der Waals surface area contributed by atoms with Crippen molar-refractivity contribution >= 4 is 17.2 Å². The maximum Gasteiger partial charge on any atom is 0.264 e. The molecule has 4 nitrogen and oxygen atoms in total. The van der Waals surface area contributed by atoms with Crippen molar-refractivity contribution in [1.82, 2.24) is 9.80 Å². The van der Waals surface area contributed by atoms with Crippen molar-refractivity contribution in [2.45, 2.75) is 45.3 Å². The maximum absolute atomic E-state index is 13.1. The van der Waals surface area contributed by atoms with E-state index in [1.165, 1.54) is 11.1 Å². The number of ether oxygens (including phenoxy) is 1. The summed E-state index contributed by atoms with van der Waals surface area (Å²) < 4.78 is 5.84. The lowest BCUT2D eigenvalue weighted by atomic mass is 9.95. The summed E-state index contributed by atoms with van der Waals surface area (Å²) in [5, 5.41) is 1.99. The van der Waals surface area contributed by atoms with Crippen LogP contribution in [0.15, 0.2) is 41.8 Å². The monoisotopic (exact) mass is 412 g/mol. The highest BCUT2D eigenvalue weighted by Gasteiger charge is 2.28. The third-order valence-corrected chi connectivity index (χ3v) is 7.17. The first-order valence-electron chi connectivity index (χ1n) is 10.9. The zero-order chi connectivity index (χ0) is 20.1. The smallest absolute Gasteiger partial charge is 0.264 e. The fraction of sp³-hybridized carbons (Fsp3) is 0.542. The molecule has 1 aromatic carbocycles. The van der Waals surface area contributed by atoms with Gasteiger partial charge in [0.2, 0.25) is 0 Å². The third-order valence-electron chi connectivity index (χ3n) is 6.31. The van der Waals surface area contributed by atoms with Crippen molar-refractivity contribution in [1.29, 1.82) is 0 Å². The number of rotatable bonds is 7. The van der Waals surface area contributed by atoms with Crippen molar-refractivity contribution in [2.24, 2.45) is 5.92 Å². The van der Waals surface area contributed by atoms with E-state index in [0.717, 1.165) is 69.9 Å². The van der Waals surface area contributed by atoms with Gasteiger partial charge in [0.25, 0.3) is 5.91 Å². The van der Waals surface area contributed by atoms with Crippen LogP contribution in [0.4, 0.5) is 0 Å². The van der Waals surface area contributed by atoms with Crippen molar-refractivity contribution in [3.63, 3.8) is 0 Å². The van der Waals surface area contributed by atoms with Crippen LogP contribution >= 0.6 is 11.3 Å². The largest absolute Gasteiger partial charge is 0.376 e. The van der Waals surface area contributed by atoms with Crippen LogP contribution in [0.3, 0.4) is 0 Å². The molecule has 2 saturated heterocycles. The zero-order valence-electron chi connectivity index (χ0n) is 17.4. The highest BCUT2D eigenvalue weighted by atomic mass is 32.1. The Morgan fingerprint density at radius 1 is 1.14 bits per heavy atom. The van der Waals surface area contributed by atoms with Gasteiger partial charge >= 0.3 is 0 Å². The molecule has 2 fully saturated rings. The third kappa shape index (κ3) is 5.47. The number of carbonyl (C=O) groups excluding carboxylic acids is 1. The van der Waals surface area contributed by atoms with Crippen LogP contribution < -0.4 is 0 Å². The van der Waals surface area contributed by atoms with E-state index in [0.29, 0.717) is 5.92 Å². The van der Waals surface area contributed by atoms with Crippen LogP contribution in [-0.2, 0) is 11.3 Å². The lowest BCUT2D eigenvalue weighted by Gasteiger charge is -2.35. The first kappa shape index (κ1) is 20.6. The first-order chi connectivity index (χ1) is 14.2. The number of likely N-dealkylation sites (tertiary alicyclic amines) is 1. The topological polar surface area (TPSA) is 32.8 Å². The molecule has 2 aliphatic rings. The molecule has 0 N–H and O–H groups in total. The van der Waals surface area contributed by atoms with Gasteiger partial charge in [0, 0.05) is 26.2 Å². The summed E-state index contributed by atoms with van der Waals surface area (Å²) in [6.45, 7) is 7.88. The minimum atomic E-state index is 0.179. The average Bonchev–Trinajstić information content (AvgIpc) is 3.44. The van der Waals surface area contributed by atoms with Gasteiger partial charge in [-0.15, -0.1) is 11.3 Å². The summed E-state index contributed by atoms with van der Waals surface area (Å²) >= 11 is 1.54. The number of aryl methyl sites for hydroxylation is 1. The molecule has 3 heterocycles. The molecule has 1 amide bonds. The molecule has 2 aliphatic heterocycles. The normalized spacial score (nSPS) is 20.8. The number of carbonyl (C=O) groups is 1. The number of nitrogens with zero attached hydrogens (tertiary/aromatic N) is 2. The van der Waals surface area contributed by atoms with Crippen molar-refractivity contribution in [3.05, 3.63) is 57.8 Å². The van der Waals surface area contributed by atoms with E-state index in [-0.39, 0.29) is 12.0 Å². The Hall–Kier alpha value is -1.69. The Kier molecular flexibility index (Phi) is 7.01. The molecule has 4 rings (SSSR count). The van der Waals surface area contributed by atoms with Crippen molar-refractivity contribution in [3.8, 4) is 0 Å². The van der Waals surface area contributed by atoms with Gasteiger partial charge in [0.05, 0.1) is 11.0 Å². The van der Waals surface area contributed by atoms with E-state index in [1.807, 2.05) is 17.5 Å². The Labute approximate surface area is 178 Å². The SMILES string of the molecule is Cc1ccccc1CN1CCC(CN(C[C@@H]2CCCO2)C(=O)c2cccs2)CC1. The standard InChI is InChI=1S/C24H32N2O2S/c1-19-6-2-3-7-21(19)17-25-12-10-20(11-13-25)16-26(18-22-8-4-14-28-22)24(27)23-9-5-15-29-23/h2-3,5-7,9,15,20,22H,4,8,10-14,16-18H2,1H3/t22-/m0/s1. The molecule has 0 radical (unpaired) electrons. The summed E-state index contributed by atoms with van der Waals surface area (Å²) in [6, 6.07) is 12.6. The number of hydrogen-bond acceptors (Lipinski definition) is 4. The summed E-state index contributed by atoms with van der Waals surface area (Å²) in [7, 11) is 0. The lowest BCUT2D eigenvalue weighted by Crippen LogP contribution is -2.43. The Morgan fingerprint density at radius 2 is 1.97 bits per heavy atom. The van der Waals surface area contributed by atoms with E-state index in [2.05, 4.69) is 41.0 Å². The fourth-order valence-corrected chi connectivity index (χ4v) is 5.19. The molecule has 1 atom stereocenters. The van der Waals surface area contributed by atoms with Crippen LogP contribution in [0.1, 0.15) is 46.5 Å². The molecule has 0 bridgehead atoms. The van der Waals surface area contributed by atoms with Crippen molar-refractivity contribution in [2.75, 3.05) is 32.8 Å². The van der Waals surface area contributed by atoms with E-state index in [9.17, 15) is 4.79 Å². The molecule has 0 unspecified atom stereocenters. The molecular weight excluding hydrogens is 380 g/mol. The first-order valence-corrected chi connectivity index (χ1v) is 11.8. The minimum Gasteiger partial charge on any atom is -0.376 e. The summed E-state index contributed by atoms with van der Waals surface area (Å²) in [5.41, 5.74) is 2.80. The predicted octanol–water partition coefficient (Wildman–Crippen LogP) is 4.59. The zero-order valence-corrected chi connectivity index (χ0v) is 18.2. The molecule has 0 aliphatic carbocycles. The van der Waals surface area contributed by atoms with E-state index in [4.69, 9.17) is 4.74 Å². The van der Waals surface area contributed by atoms with Crippen LogP contribution in [0, 0.1) is 12.8 Å². The Morgan fingerprint density at radius 3 is 2.66 bits per heavy atom. The van der Waals surface area contributed by atoms with E-state index in [1.54, 1.807) is 11.3 Å². The lowest BCUT2D eigenvalue weighted by molar-refractivity contribution is 0.0448. The Bertz CT molecular complexity index is 778. The van der Waals surface area contributed by atoms with Gasteiger partial charge in [0.15, 0.2) is 0 Å². The summed E-state index contributed by atoms with van der Waals surface area (Å²) in [5.74, 6) is 0.756. The molecule has 156 valence electrons. The molecule has 29 heavy (non-hydrogen) atoms. The van der Waals surface area contributed by atoms with E-state index < -0.39 is 0 Å². The molecular formula is C24H32N2O2S. The second-order valence-corrected chi connectivity index (χ2v) is 9.42. The van der Waals surface area contributed by atoms with Gasteiger partial charge in [-0.05, 0) is 74.2 Å². The molecule has 0 spiro atoms. The van der Waals surface area contributed by atoms with Gasteiger partial charge in [-0.25, -0.2) is 0 Å². The fourth-order valence-electron chi connectivity index (χ4n) is 4.50. The van der Waals surface area contributed by atoms with Crippen LogP contribution in [0.2, 0.25) is 0 Å². The van der Waals surface area contributed by atoms with Gasteiger partial charge in [-0.1, -0.05) is 30.3 Å². The highest BCUT2D eigenvalue weighted by molar-refractivity contribution is 7.12. The van der Waals surface area contributed by atoms with E-state index >= 15 is 0 Å². The van der Waals surface area contributed by atoms with Crippen molar-refractivity contribution < 1.29 is 9.53 Å². The molecule has 5 heteroatoms. The maximum atomic E-state index is 13.1. The summed E-state index contributed by atoms with van der Waals surface area (Å²) in [6.07, 6.45) is 4.71. The van der Waals surface area contributed by atoms with Gasteiger partial charge in [0.1, 0.15) is 0 Å². The number of amides is 1. The van der Waals surface area contributed by atoms with Gasteiger partial charge in [-0.3, -0.25) is 9.69 Å². The second kappa shape index (κ2) is 9.88. The molecule has 2 aromatic rings. The van der Waals surface area contributed by atoms with Crippen LogP contribution in [0.5, 0.6) is 0 Å². The highest BCUT2D eigenvalue weighted by Crippen LogP contribution is 2.24. The molecule has 1 aromatic heterocycles. The average molecular weight is 413 g/mol. The quantitative estimate of drug-likeness (QED) is 0.667. The summed E-state index contributed by atoms with van der Waals surface area (Å²) in [4.78, 5) is 18.6. The number of thiophene rings is 1. The van der Waals surface area contributed by atoms with Gasteiger partial charge < -0.3 is 9.64 Å². The number of piperidine rings is 1. The number of hydrogen-bond donors (Lipinski definition) is 0. The van der Waals surface area contributed by atoms with Crippen LogP contribution in [-0.4, -0.2) is 54.6 Å².